The number of benzene rings is 1. The minimum atomic E-state index is -1.89. The highest BCUT2D eigenvalue weighted by molar-refractivity contribution is 7.10. The standard InChI is InChI=1S/C18H11Cl6N3S/c19-17(20,21)15-25-14(26-16(27-15)18(22,23)24)12-6-1-4-11(10-12)5-2-7-13-8-3-9-28-13/h1-4,6-10H,5H2/b7-2+. The summed E-state index contributed by atoms with van der Waals surface area (Å²) in [5, 5.41) is 2.03. The maximum absolute atomic E-state index is 5.93. The molecule has 10 heteroatoms. The number of halogens is 6. The molecule has 28 heavy (non-hydrogen) atoms. The van der Waals surface area contributed by atoms with Crippen LogP contribution in [0.5, 0.6) is 0 Å². The van der Waals surface area contributed by atoms with Crippen molar-refractivity contribution in [1.29, 1.82) is 0 Å². The summed E-state index contributed by atoms with van der Waals surface area (Å²) in [6, 6.07) is 11.7. The van der Waals surface area contributed by atoms with E-state index in [0.717, 1.165) is 12.0 Å². The number of nitrogens with zero attached hydrogens (tertiary/aromatic N) is 3. The topological polar surface area (TPSA) is 38.7 Å². The van der Waals surface area contributed by atoms with Crippen LogP contribution in [-0.2, 0) is 14.0 Å². The van der Waals surface area contributed by atoms with E-state index in [1.165, 1.54) is 4.88 Å². The minimum Gasteiger partial charge on any atom is -0.209 e. The number of allylic oxidation sites excluding steroid dienone is 1. The van der Waals surface area contributed by atoms with Crippen LogP contribution in [0.4, 0.5) is 0 Å². The van der Waals surface area contributed by atoms with Crippen molar-refractivity contribution in [2.24, 2.45) is 0 Å². The van der Waals surface area contributed by atoms with E-state index in [2.05, 4.69) is 33.2 Å². The average molecular weight is 514 g/mol. The monoisotopic (exact) mass is 511 g/mol. The zero-order valence-electron chi connectivity index (χ0n) is 13.9. The second-order valence-corrected chi connectivity index (χ2v) is 11.2. The number of aromatic nitrogens is 3. The molecule has 0 aliphatic carbocycles. The Balaban J connectivity index is 1.94. The molecule has 0 aliphatic rings. The Hall–Kier alpha value is -0.590. The molecule has 0 aliphatic heterocycles. The van der Waals surface area contributed by atoms with Gasteiger partial charge in [-0.2, -0.15) is 0 Å². The lowest BCUT2D eigenvalue weighted by Gasteiger charge is -2.15. The van der Waals surface area contributed by atoms with Crippen LogP contribution < -0.4 is 0 Å². The highest BCUT2D eigenvalue weighted by Crippen LogP contribution is 2.40. The van der Waals surface area contributed by atoms with Gasteiger partial charge in [0.25, 0.3) is 0 Å². The van der Waals surface area contributed by atoms with E-state index < -0.39 is 7.59 Å². The molecule has 3 nitrogen and oxygen atoms in total. The quantitative estimate of drug-likeness (QED) is 0.339. The molecule has 0 atom stereocenters. The number of hydrogen-bond donors (Lipinski definition) is 0. The lowest BCUT2D eigenvalue weighted by molar-refractivity contribution is 0.851. The normalized spacial score (nSPS) is 12.6. The molecule has 2 aromatic heterocycles. The molecule has 0 fully saturated rings. The van der Waals surface area contributed by atoms with Crippen molar-refractivity contribution >= 4 is 87.0 Å². The van der Waals surface area contributed by atoms with Crippen molar-refractivity contribution in [2.75, 3.05) is 0 Å². The zero-order valence-corrected chi connectivity index (χ0v) is 19.3. The van der Waals surface area contributed by atoms with Crippen molar-refractivity contribution < 1.29 is 0 Å². The van der Waals surface area contributed by atoms with Gasteiger partial charge in [-0.05, 0) is 35.6 Å². The summed E-state index contributed by atoms with van der Waals surface area (Å²) in [4.78, 5) is 13.6. The van der Waals surface area contributed by atoms with E-state index in [0.29, 0.717) is 5.56 Å². The summed E-state index contributed by atoms with van der Waals surface area (Å²) in [7, 11) is 0. The van der Waals surface area contributed by atoms with Gasteiger partial charge in [0, 0.05) is 10.4 Å². The van der Waals surface area contributed by atoms with Gasteiger partial charge in [0.05, 0.1) is 0 Å². The molecule has 0 saturated heterocycles. The molecule has 0 spiro atoms. The van der Waals surface area contributed by atoms with Crippen LogP contribution in [0.15, 0.2) is 47.9 Å². The van der Waals surface area contributed by atoms with E-state index in [9.17, 15) is 0 Å². The first-order valence-electron chi connectivity index (χ1n) is 7.83. The van der Waals surface area contributed by atoms with Gasteiger partial charge < -0.3 is 0 Å². The van der Waals surface area contributed by atoms with Crippen LogP contribution in [0.25, 0.3) is 17.5 Å². The van der Waals surface area contributed by atoms with Gasteiger partial charge in [-0.15, -0.1) is 11.3 Å². The lowest BCUT2D eigenvalue weighted by Crippen LogP contribution is -2.16. The van der Waals surface area contributed by atoms with E-state index in [1.54, 1.807) is 11.3 Å². The van der Waals surface area contributed by atoms with E-state index in [-0.39, 0.29) is 17.5 Å². The maximum Gasteiger partial charge on any atom is 0.250 e. The molecule has 3 aromatic rings. The number of alkyl halides is 6. The molecule has 0 radical (unpaired) electrons. The fraction of sp³-hybridized carbons (Fsp3) is 0.167. The molecule has 0 bridgehead atoms. The Morgan fingerprint density at radius 2 is 1.54 bits per heavy atom. The average Bonchev–Trinajstić information content (AvgIpc) is 3.14. The Labute approximate surface area is 196 Å². The smallest absolute Gasteiger partial charge is 0.209 e. The molecule has 1 aromatic carbocycles. The van der Waals surface area contributed by atoms with Crippen molar-refractivity contribution in [3.05, 3.63) is 69.9 Å². The van der Waals surface area contributed by atoms with Gasteiger partial charge in [0.1, 0.15) is 0 Å². The van der Waals surface area contributed by atoms with Gasteiger partial charge in [-0.1, -0.05) is 99.9 Å². The van der Waals surface area contributed by atoms with Crippen molar-refractivity contribution in [1.82, 2.24) is 15.0 Å². The Morgan fingerprint density at radius 1 is 0.857 bits per heavy atom. The van der Waals surface area contributed by atoms with Gasteiger partial charge in [0.15, 0.2) is 17.5 Å². The zero-order chi connectivity index (χ0) is 20.4. The first-order valence-corrected chi connectivity index (χ1v) is 11.0. The van der Waals surface area contributed by atoms with Gasteiger partial charge in [0.2, 0.25) is 7.59 Å². The van der Waals surface area contributed by atoms with Crippen LogP contribution in [0.2, 0.25) is 0 Å². The summed E-state index contributed by atoms with van der Waals surface area (Å²) >= 11 is 37.3. The summed E-state index contributed by atoms with van der Waals surface area (Å²) in [6.07, 6.45) is 4.88. The number of thiophene rings is 1. The van der Waals surface area contributed by atoms with Gasteiger partial charge >= 0.3 is 0 Å². The summed E-state index contributed by atoms with van der Waals surface area (Å²) in [6.45, 7) is 0. The fourth-order valence-corrected chi connectivity index (χ4v) is 3.45. The summed E-state index contributed by atoms with van der Waals surface area (Å²) in [5.74, 6) is 0.0142. The van der Waals surface area contributed by atoms with Crippen molar-refractivity contribution in [3.8, 4) is 11.4 Å². The molecular formula is C18H11Cl6N3S. The van der Waals surface area contributed by atoms with E-state index in [4.69, 9.17) is 69.6 Å². The molecule has 0 saturated carbocycles. The third kappa shape index (κ3) is 5.96. The largest absolute Gasteiger partial charge is 0.250 e. The highest BCUT2D eigenvalue weighted by Gasteiger charge is 2.34. The van der Waals surface area contributed by atoms with E-state index in [1.807, 2.05) is 35.7 Å². The SMILES string of the molecule is ClC(Cl)(Cl)c1nc(-c2cccc(C/C=C/c3cccs3)c2)nc(C(Cl)(Cl)Cl)n1. The van der Waals surface area contributed by atoms with Crippen LogP contribution in [0, 0.1) is 0 Å². The van der Waals surface area contributed by atoms with Crippen LogP contribution in [0.3, 0.4) is 0 Å². The van der Waals surface area contributed by atoms with Crippen molar-refractivity contribution in [3.63, 3.8) is 0 Å². The second kappa shape index (κ2) is 9.05. The Kier molecular flexibility index (Phi) is 7.14. The van der Waals surface area contributed by atoms with Gasteiger partial charge in [-0.3, -0.25) is 0 Å². The Morgan fingerprint density at radius 3 is 2.11 bits per heavy atom. The second-order valence-electron chi connectivity index (χ2n) is 5.62. The number of rotatable bonds is 4. The predicted molar refractivity (Wildman–Crippen MR) is 121 cm³/mol. The maximum atomic E-state index is 5.93. The van der Waals surface area contributed by atoms with Crippen molar-refractivity contribution in [2.45, 2.75) is 14.0 Å². The predicted octanol–water partition coefficient (Wildman–Crippen LogP) is 7.51. The molecule has 0 amide bonds. The lowest BCUT2D eigenvalue weighted by atomic mass is 10.1. The third-order valence-electron chi connectivity index (χ3n) is 3.51. The summed E-state index contributed by atoms with van der Waals surface area (Å²) in [5.41, 5.74) is 1.74. The van der Waals surface area contributed by atoms with Gasteiger partial charge in [-0.25, -0.2) is 15.0 Å². The molecule has 3 rings (SSSR count). The van der Waals surface area contributed by atoms with Crippen LogP contribution in [0.1, 0.15) is 22.1 Å². The minimum absolute atomic E-state index is 0.119. The van der Waals surface area contributed by atoms with E-state index >= 15 is 0 Å². The molecule has 0 unspecified atom stereocenters. The van der Waals surface area contributed by atoms with Crippen LogP contribution >= 0.6 is 80.9 Å². The molecule has 2 heterocycles. The molecule has 0 N–H and O–H groups in total. The summed E-state index contributed by atoms with van der Waals surface area (Å²) < 4.78 is -3.77. The first kappa shape index (κ1) is 22.1. The first-order chi connectivity index (χ1) is 13.1. The highest BCUT2D eigenvalue weighted by atomic mass is 35.6. The van der Waals surface area contributed by atoms with Crippen LogP contribution in [-0.4, -0.2) is 15.0 Å². The molecule has 146 valence electrons. The number of hydrogen-bond acceptors (Lipinski definition) is 4. The molecular weight excluding hydrogens is 503 g/mol. The third-order valence-corrected chi connectivity index (χ3v) is 5.36. The fourth-order valence-electron chi connectivity index (χ4n) is 2.29. The Bertz CT molecular complexity index is 945.